The maximum atomic E-state index is 11.9. The van der Waals surface area contributed by atoms with E-state index in [1.165, 1.54) is 24.3 Å². The molecule has 0 aliphatic heterocycles. The van der Waals surface area contributed by atoms with E-state index < -0.39 is 21.8 Å². The highest BCUT2D eigenvalue weighted by atomic mass is 35.5. The fourth-order valence-electron chi connectivity index (χ4n) is 1.49. The highest BCUT2D eigenvalue weighted by Crippen LogP contribution is 2.13. The van der Waals surface area contributed by atoms with Crippen LogP contribution in [0.15, 0.2) is 29.2 Å². The van der Waals surface area contributed by atoms with Gasteiger partial charge in [0.05, 0.1) is 18.0 Å². The van der Waals surface area contributed by atoms with Crippen LogP contribution in [-0.4, -0.2) is 39.9 Å². The molecule has 1 aromatic carbocycles. The van der Waals surface area contributed by atoms with Crippen molar-refractivity contribution in [2.45, 2.75) is 18.2 Å². The van der Waals surface area contributed by atoms with Gasteiger partial charge in [0.25, 0.3) is 0 Å². The normalized spacial score (nSPS) is 10.5. The molecule has 0 aliphatic carbocycles. The third-order valence-electron chi connectivity index (χ3n) is 2.62. The molecule has 130 valence electrons. The van der Waals surface area contributed by atoms with Crippen LogP contribution < -0.4 is 21.1 Å². The monoisotopic (exact) mass is 364 g/mol. The van der Waals surface area contributed by atoms with Crippen LogP contribution in [0.4, 0.5) is 5.69 Å². The Hall–Kier alpha value is -1.68. The summed E-state index contributed by atoms with van der Waals surface area (Å²) in [5.74, 6) is -0.861. The molecule has 0 atom stereocenters. The Morgan fingerprint density at radius 3 is 2.26 bits per heavy atom. The fourth-order valence-corrected chi connectivity index (χ4v) is 2.63. The van der Waals surface area contributed by atoms with Gasteiger partial charge in [0.15, 0.2) is 0 Å². The van der Waals surface area contributed by atoms with E-state index in [0.717, 1.165) is 0 Å². The van der Waals surface area contributed by atoms with Crippen LogP contribution in [0.5, 0.6) is 0 Å². The summed E-state index contributed by atoms with van der Waals surface area (Å²) in [7, 11) is -3.53. The molecule has 1 aromatic rings. The first-order valence-electron chi connectivity index (χ1n) is 6.75. The second-order valence-electron chi connectivity index (χ2n) is 4.45. The predicted molar refractivity (Wildman–Crippen MR) is 89.9 cm³/mol. The first kappa shape index (κ1) is 21.3. The minimum absolute atomic E-state index is 0. The number of rotatable bonds is 8. The summed E-state index contributed by atoms with van der Waals surface area (Å²) in [4.78, 5) is 22.6. The molecular formula is C13H21ClN4O4S. The molecule has 0 aromatic heterocycles. The number of halogens is 1. The van der Waals surface area contributed by atoms with Gasteiger partial charge < -0.3 is 16.4 Å². The maximum absolute atomic E-state index is 11.9. The average Bonchev–Trinajstić information content (AvgIpc) is 2.51. The van der Waals surface area contributed by atoms with E-state index in [1.54, 1.807) is 0 Å². The molecular weight excluding hydrogens is 344 g/mol. The van der Waals surface area contributed by atoms with Crippen LogP contribution in [0.25, 0.3) is 0 Å². The van der Waals surface area contributed by atoms with Gasteiger partial charge >= 0.3 is 0 Å². The van der Waals surface area contributed by atoms with Crippen LogP contribution in [0.1, 0.15) is 13.3 Å². The quantitative estimate of drug-likeness (QED) is 0.508. The van der Waals surface area contributed by atoms with Gasteiger partial charge in [-0.25, -0.2) is 13.1 Å². The van der Waals surface area contributed by atoms with Gasteiger partial charge in [0.2, 0.25) is 21.8 Å². The van der Waals surface area contributed by atoms with Gasteiger partial charge in [-0.05, 0) is 30.7 Å². The lowest BCUT2D eigenvalue weighted by molar-refractivity contribution is -0.123. The summed E-state index contributed by atoms with van der Waals surface area (Å²) in [6, 6.07) is 5.74. The molecule has 0 saturated heterocycles. The van der Waals surface area contributed by atoms with Crippen molar-refractivity contribution >= 4 is 39.9 Å². The van der Waals surface area contributed by atoms with E-state index in [1.807, 2.05) is 6.92 Å². The van der Waals surface area contributed by atoms with Crippen molar-refractivity contribution in [2.75, 3.05) is 25.0 Å². The Morgan fingerprint density at radius 1 is 1.13 bits per heavy atom. The molecule has 0 unspecified atom stereocenters. The molecule has 5 N–H and O–H groups in total. The van der Waals surface area contributed by atoms with Gasteiger partial charge in [-0.15, -0.1) is 12.4 Å². The van der Waals surface area contributed by atoms with E-state index in [-0.39, 0.29) is 30.4 Å². The summed E-state index contributed by atoms with van der Waals surface area (Å²) in [6.07, 6.45) is 0.696. The maximum Gasteiger partial charge on any atom is 0.243 e. The number of hydrogen-bond donors (Lipinski definition) is 4. The third kappa shape index (κ3) is 7.42. The molecule has 0 bridgehead atoms. The molecule has 0 saturated carbocycles. The van der Waals surface area contributed by atoms with E-state index in [4.69, 9.17) is 5.73 Å². The Balaban J connectivity index is 0.00000484. The van der Waals surface area contributed by atoms with Crippen molar-refractivity contribution in [3.8, 4) is 0 Å². The number of carbonyl (C=O) groups is 2. The smallest absolute Gasteiger partial charge is 0.243 e. The van der Waals surface area contributed by atoms with E-state index in [2.05, 4.69) is 15.4 Å². The van der Waals surface area contributed by atoms with Gasteiger partial charge in [-0.2, -0.15) is 0 Å². The van der Waals surface area contributed by atoms with Crippen molar-refractivity contribution < 1.29 is 18.0 Å². The highest BCUT2D eigenvalue weighted by molar-refractivity contribution is 7.89. The summed E-state index contributed by atoms with van der Waals surface area (Å²) in [5, 5.41) is 4.86. The number of benzene rings is 1. The van der Waals surface area contributed by atoms with Gasteiger partial charge in [0.1, 0.15) is 0 Å². The Labute approximate surface area is 141 Å². The lowest BCUT2D eigenvalue weighted by Gasteiger charge is -2.08. The number of hydrogen-bond acceptors (Lipinski definition) is 5. The van der Waals surface area contributed by atoms with E-state index in [0.29, 0.717) is 18.7 Å². The van der Waals surface area contributed by atoms with Crippen molar-refractivity contribution in [1.82, 2.24) is 10.0 Å². The number of amides is 2. The highest BCUT2D eigenvalue weighted by Gasteiger charge is 2.13. The zero-order chi connectivity index (χ0) is 16.6. The zero-order valence-electron chi connectivity index (χ0n) is 12.7. The lowest BCUT2D eigenvalue weighted by atomic mass is 10.3. The summed E-state index contributed by atoms with van der Waals surface area (Å²) >= 11 is 0. The molecule has 0 spiro atoms. The number of sulfonamides is 1. The van der Waals surface area contributed by atoms with Crippen molar-refractivity contribution in [3.63, 3.8) is 0 Å². The van der Waals surface area contributed by atoms with Crippen molar-refractivity contribution in [1.29, 1.82) is 0 Å². The predicted octanol–water partition coefficient (Wildman–Crippen LogP) is -0.190. The van der Waals surface area contributed by atoms with Crippen LogP contribution >= 0.6 is 12.4 Å². The van der Waals surface area contributed by atoms with Gasteiger partial charge in [-0.3, -0.25) is 9.59 Å². The Kier molecular flexibility index (Phi) is 9.42. The second-order valence-corrected chi connectivity index (χ2v) is 6.22. The summed E-state index contributed by atoms with van der Waals surface area (Å²) in [5.41, 5.74) is 5.53. The summed E-state index contributed by atoms with van der Waals surface area (Å²) in [6.45, 7) is 1.84. The molecule has 0 fully saturated rings. The topological polar surface area (TPSA) is 130 Å². The zero-order valence-corrected chi connectivity index (χ0v) is 14.3. The molecule has 8 nitrogen and oxygen atoms in total. The number of anilines is 1. The standard InChI is InChI=1S/C13H20N4O4S.ClH/c1-2-7-16-22(20,21)11-5-3-10(4-6-11)17-13(19)9-15-12(18)8-14;/h3-6,16H,2,7-9,14H2,1H3,(H,15,18)(H,17,19);1H. The molecule has 0 aliphatic rings. The van der Waals surface area contributed by atoms with Crippen LogP contribution in [-0.2, 0) is 19.6 Å². The summed E-state index contributed by atoms with van der Waals surface area (Å²) < 4.78 is 26.2. The van der Waals surface area contributed by atoms with Crippen molar-refractivity contribution in [3.05, 3.63) is 24.3 Å². The molecule has 0 radical (unpaired) electrons. The van der Waals surface area contributed by atoms with Crippen molar-refractivity contribution in [2.24, 2.45) is 5.73 Å². The van der Waals surface area contributed by atoms with Gasteiger partial charge in [-0.1, -0.05) is 6.92 Å². The largest absolute Gasteiger partial charge is 0.346 e. The molecule has 23 heavy (non-hydrogen) atoms. The minimum Gasteiger partial charge on any atom is -0.346 e. The molecule has 10 heteroatoms. The Bertz CT molecular complexity index is 619. The first-order valence-corrected chi connectivity index (χ1v) is 8.23. The average molecular weight is 365 g/mol. The number of carbonyl (C=O) groups excluding carboxylic acids is 2. The van der Waals surface area contributed by atoms with E-state index >= 15 is 0 Å². The van der Waals surface area contributed by atoms with E-state index in [9.17, 15) is 18.0 Å². The first-order chi connectivity index (χ1) is 10.4. The fraction of sp³-hybridized carbons (Fsp3) is 0.385. The number of nitrogens with two attached hydrogens (primary N) is 1. The number of nitrogens with one attached hydrogen (secondary N) is 3. The second kappa shape index (κ2) is 10.2. The van der Waals surface area contributed by atoms with Crippen LogP contribution in [0, 0.1) is 0 Å². The minimum atomic E-state index is -3.53. The van der Waals surface area contributed by atoms with Crippen LogP contribution in [0.3, 0.4) is 0 Å². The Morgan fingerprint density at radius 2 is 1.74 bits per heavy atom. The SMILES string of the molecule is CCCNS(=O)(=O)c1ccc(NC(=O)CNC(=O)CN)cc1.Cl. The molecule has 0 heterocycles. The lowest BCUT2D eigenvalue weighted by Crippen LogP contribution is -2.36. The van der Waals surface area contributed by atoms with Gasteiger partial charge in [0, 0.05) is 12.2 Å². The van der Waals surface area contributed by atoms with Crippen LogP contribution in [0.2, 0.25) is 0 Å². The molecule has 2 amide bonds. The molecule has 1 rings (SSSR count). The third-order valence-corrected chi connectivity index (χ3v) is 4.10.